The van der Waals surface area contributed by atoms with Gasteiger partial charge >= 0.3 is 5.97 Å². The van der Waals surface area contributed by atoms with E-state index in [0.29, 0.717) is 13.2 Å². The molecule has 2 aromatic carbocycles. The number of carbonyl (C=O) groups is 1. The van der Waals surface area contributed by atoms with Gasteiger partial charge in [-0.15, -0.1) is 5.10 Å². The van der Waals surface area contributed by atoms with Crippen LogP contribution in [-0.4, -0.2) is 39.5 Å². The highest BCUT2D eigenvalue weighted by atomic mass is 16.5. The van der Waals surface area contributed by atoms with Crippen LogP contribution in [0.1, 0.15) is 5.56 Å². The molecule has 0 aliphatic carbocycles. The van der Waals surface area contributed by atoms with Crippen molar-refractivity contribution in [3.8, 4) is 0 Å². The van der Waals surface area contributed by atoms with Crippen LogP contribution >= 0.6 is 0 Å². The smallest absolute Gasteiger partial charge is 0.319 e. The second-order valence-electron chi connectivity index (χ2n) is 5.27. The maximum atomic E-state index is 11.7. The Bertz CT molecular complexity index is 785. The second kappa shape index (κ2) is 7.02. The molecule has 1 aromatic heterocycles. The van der Waals surface area contributed by atoms with Crippen LogP contribution < -0.4 is 0 Å². The SMILES string of the molecule is COC(=O)CN(Cc1ccccc1)Cn1nnc2ccccc21. The van der Waals surface area contributed by atoms with E-state index < -0.39 is 0 Å². The molecule has 3 rings (SSSR count). The van der Waals surface area contributed by atoms with Gasteiger partial charge in [0.05, 0.1) is 25.8 Å². The summed E-state index contributed by atoms with van der Waals surface area (Å²) in [6.45, 7) is 1.29. The number of carbonyl (C=O) groups excluding carboxylic acids is 1. The van der Waals surface area contributed by atoms with Crippen molar-refractivity contribution >= 4 is 17.0 Å². The number of fused-ring (bicyclic) bond motifs is 1. The Morgan fingerprint density at radius 3 is 2.65 bits per heavy atom. The Labute approximate surface area is 134 Å². The molecule has 6 nitrogen and oxygen atoms in total. The van der Waals surface area contributed by atoms with Gasteiger partial charge in [-0.05, 0) is 17.7 Å². The number of hydrogen-bond acceptors (Lipinski definition) is 5. The van der Waals surface area contributed by atoms with E-state index in [1.54, 1.807) is 4.68 Å². The van der Waals surface area contributed by atoms with Crippen LogP contribution in [0, 0.1) is 0 Å². The molecule has 23 heavy (non-hydrogen) atoms. The summed E-state index contributed by atoms with van der Waals surface area (Å²) in [5.41, 5.74) is 2.90. The maximum Gasteiger partial charge on any atom is 0.319 e. The van der Waals surface area contributed by atoms with E-state index in [9.17, 15) is 4.79 Å². The van der Waals surface area contributed by atoms with Crippen molar-refractivity contribution in [2.75, 3.05) is 13.7 Å². The molecular formula is C17H18N4O2. The minimum atomic E-state index is -0.273. The molecule has 0 spiro atoms. The molecular weight excluding hydrogens is 292 g/mol. The highest BCUT2D eigenvalue weighted by molar-refractivity contribution is 5.74. The minimum Gasteiger partial charge on any atom is -0.468 e. The molecule has 0 saturated heterocycles. The number of ether oxygens (including phenoxy) is 1. The van der Waals surface area contributed by atoms with Crippen molar-refractivity contribution in [1.82, 2.24) is 19.9 Å². The number of aromatic nitrogens is 3. The first kappa shape index (κ1) is 15.2. The molecule has 0 N–H and O–H groups in total. The predicted molar refractivity (Wildman–Crippen MR) is 86.4 cm³/mol. The van der Waals surface area contributed by atoms with Crippen LogP contribution in [0.4, 0.5) is 0 Å². The standard InChI is InChI=1S/C17H18N4O2/c1-23-17(22)12-20(11-14-7-3-2-4-8-14)13-21-16-10-6-5-9-15(16)18-19-21/h2-10H,11-13H2,1H3. The van der Waals surface area contributed by atoms with Crippen molar-refractivity contribution in [3.63, 3.8) is 0 Å². The number of hydrogen-bond donors (Lipinski definition) is 0. The third-order valence-electron chi connectivity index (χ3n) is 3.58. The normalized spacial score (nSPS) is 11.0. The molecule has 3 aromatic rings. The first-order valence-corrected chi connectivity index (χ1v) is 7.37. The van der Waals surface area contributed by atoms with Gasteiger partial charge in [-0.3, -0.25) is 9.69 Å². The van der Waals surface area contributed by atoms with E-state index in [-0.39, 0.29) is 12.5 Å². The van der Waals surface area contributed by atoms with E-state index >= 15 is 0 Å². The second-order valence-corrected chi connectivity index (χ2v) is 5.27. The van der Waals surface area contributed by atoms with Gasteiger partial charge in [0, 0.05) is 6.54 Å². The zero-order valence-electron chi connectivity index (χ0n) is 12.9. The molecule has 0 atom stereocenters. The zero-order chi connectivity index (χ0) is 16.1. The number of rotatable bonds is 6. The van der Waals surface area contributed by atoms with E-state index in [4.69, 9.17) is 4.74 Å². The molecule has 0 fully saturated rings. The lowest BCUT2D eigenvalue weighted by Crippen LogP contribution is -2.32. The van der Waals surface area contributed by atoms with E-state index in [1.807, 2.05) is 59.5 Å². The third kappa shape index (κ3) is 3.73. The molecule has 0 aliphatic heterocycles. The van der Waals surface area contributed by atoms with Crippen LogP contribution in [-0.2, 0) is 22.7 Å². The quantitative estimate of drug-likeness (QED) is 0.652. The fourth-order valence-corrected chi connectivity index (χ4v) is 2.46. The summed E-state index contributed by atoms with van der Waals surface area (Å²) < 4.78 is 6.59. The van der Waals surface area contributed by atoms with Gasteiger partial charge in [-0.25, -0.2) is 4.68 Å². The highest BCUT2D eigenvalue weighted by Gasteiger charge is 2.14. The lowest BCUT2D eigenvalue weighted by molar-refractivity contribution is -0.142. The van der Waals surface area contributed by atoms with E-state index in [2.05, 4.69) is 10.3 Å². The average Bonchev–Trinajstić information content (AvgIpc) is 2.99. The monoisotopic (exact) mass is 310 g/mol. The Morgan fingerprint density at radius 2 is 1.87 bits per heavy atom. The van der Waals surface area contributed by atoms with Crippen LogP contribution in [0.5, 0.6) is 0 Å². The molecule has 0 unspecified atom stereocenters. The molecule has 1 heterocycles. The Balaban J connectivity index is 1.81. The molecule has 0 aliphatic rings. The zero-order valence-corrected chi connectivity index (χ0v) is 12.9. The van der Waals surface area contributed by atoms with Crippen molar-refractivity contribution in [1.29, 1.82) is 0 Å². The van der Waals surface area contributed by atoms with Crippen LogP contribution in [0.3, 0.4) is 0 Å². The average molecular weight is 310 g/mol. The summed E-state index contributed by atoms with van der Waals surface area (Å²) in [7, 11) is 1.40. The molecule has 0 bridgehead atoms. The fraction of sp³-hybridized carbons (Fsp3) is 0.235. The van der Waals surface area contributed by atoms with Crippen molar-refractivity contribution < 1.29 is 9.53 Å². The Morgan fingerprint density at radius 1 is 1.13 bits per heavy atom. The van der Waals surface area contributed by atoms with Crippen molar-refractivity contribution in [2.24, 2.45) is 0 Å². The molecule has 6 heteroatoms. The van der Waals surface area contributed by atoms with Gasteiger partial charge in [0.15, 0.2) is 0 Å². The lowest BCUT2D eigenvalue weighted by atomic mass is 10.2. The molecule has 0 amide bonds. The minimum absolute atomic E-state index is 0.194. The summed E-state index contributed by atoms with van der Waals surface area (Å²) in [4.78, 5) is 13.7. The summed E-state index contributed by atoms with van der Waals surface area (Å²) in [6.07, 6.45) is 0. The molecule has 118 valence electrons. The third-order valence-corrected chi connectivity index (χ3v) is 3.58. The van der Waals surface area contributed by atoms with Gasteiger partial charge in [-0.2, -0.15) is 0 Å². The number of methoxy groups -OCH3 is 1. The van der Waals surface area contributed by atoms with Crippen LogP contribution in [0.25, 0.3) is 11.0 Å². The fourth-order valence-electron chi connectivity index (χ4n) is 2.46. The topological polar surface area (TPSA) is 60.2 Å². The Hall–Kier alpha value is -2.73. The molecule has 0 saturated carbocycles. The van der Waals surface area contributed by atoms with Gasteiger partial charge in [0.2, 0.25) is 0 Å². The van der Waals surface area contributed by atoms with Crippen LogP contribution in [0.2, 0.25) is 0 Å². The summed E-state index contributed by atoms with van der Waals surface area (Å²) in [5, 5.41) is 8.33. The van der Waals surface area contributed by atoms with Gasteiger partial charge in [0.25, 0.3) is 0 Å². The maximum absolute atomic E-state index is 11.7. The highest BCUT2D eigenvalue weighted by Crippen LogP contribution is 2.12. The lowest BCUT2D eigenvalue weighted by Gasteiger charge is -2.21. The summed E-state index contributed by atoms with van der Waals surface area (Å²) in [6, 6.07) is 17.8. The largest absolute Gasteiger partial charge is 0.468 e. The number of nitrogens with zero attached hydrogens (tertiary/aromatic N) is 4. The van der Waals surface area contributed by atoms with Gasteiger partial charge in [0.1, 0.15) is 5.52 Å². The Kier molecular flexibility index (Phi) is 4.63. The first-order chi connectivity index (χ1) is 11.3. The van der Waals surface area contributed by atoms with Crippen molar-refractivity contribution in [3.05, 3.63) is 60.2 Å². The van der Waals surface area contributed by atoms with Gasteiger partial charge < -0.3 is 4.74 Å². The van der Waals surface area contributed by atoms with Crippen LogP contribution in [0.15, 0.2) is 54.6 Å². The predicted octanol–water partition coefficient (Wildman–Crippen LogP) is 2.06. The first-order valence-electron chi connectivity index (χ1n) is 7.37. The molecule has 0 radical (unpaired) electrons. The summed E-state index contributed by atoms with van der Waals surface area (Å²) >= 11 is 0. The summed E-state index contributed by atoms with van der Waals surface area (Å²) in [5.74, 6) is -0.273. The number of para-hydroxylation sites is 1. The van der Waals surface area contributed by atoms with E-state index in [0.717, 1.165) is 16.6 Å². The van der Waals surface area contributed by atoms with E-state index in [1.165, 1.54) is 7.11 Å². The number of esters is 1. The van der Waals surface area contributed by atoms with Gasteiger partial charge in [-0.1, -0.05) is 47.7 Å². The number of benzene rings is 2. The van der Waals surface area contributed by atoms with Crippen molar-refractivity contribution in [2.45, 2.75) is 13.2 Å².